The van der Waals surface area contributed by atoms with Crippen LogP contribution >= 0.6 is 23.4 Å². The van der Waals surface area contributed by atoms with E-state index in [4.69, 9.17) is 11.6 Å². The van der Waals surface area contributed by atoms with Crippen LogP contribution in [0.3, 0.4) is 0 Å². The Morgan fingerprint density at radius 1 is 1.32 bits per heavy atom. The van der Waals surface area contributed by atoms with Crippen LogP contribution in [-0.2, 0) is 6.54 Å². The summed E-state index contributed by atoms with van der Waals surface area (Å²) in [7, 11) is 0. The average Bonchev–Trinajstić information content (AvgIpc) is 2.53. The van der Waals surface area contributed by atoms with E-state index in [0.717, 1.165) is 10.5 Å². The van der Waals surface area contributed by atoms with E-state index in [1.165, 1.54) is 23.9 Å². The van der Waals surface area contributed by atoms with E-state index in [1.54, 1.807) is 24.3 Å². The Balaban J connectivity index is 2.22. The number of carbonyl (C=O) groups is 1. The van der Waals surface area contributed by atoms with Gasteiger partial charge in [-0.25, -0.2) is 0 Å². The first-order valence-electron chi connectivity index (χ1n) is 6.37. The molecule has 0 aliphatic heterocycles. The molecular formula is C15H13ClN2O3S. The van der Waals surface area contributed by atoms with Crippen molar-refractivity contribution < 1.29 is 9.72 Å². The van der Waals surface area contributed by atoms with Gasteiger partial charge in [0, 0.05) is 22.5 Å². The fourth-order valence-electron chi connectivity index (χ4n) is 1.90. The number of hydrogen-bond acceptors (Lipinski definition) is 4. The number of thioether (sulfide) groups is 1. The van der Waals surface area contributed by atoms with Gasteiger partial charge < -0.3 is 5.32 Å². The van der Waals surface area contributed by atoms with Crippen LogP contribution in [0.4, 0.5) is 5.69 Å². The second kappa shape index (κ2) is 7.29. The summed E-state index contributed by atoms with van der Waals surface area (Å²) in [5.74, 6) is -0.498. The Labute approximate surface area is 136 Å². The molecule has 114 valence electrons. The number of carbonyl (C=O) groups excluding carboxylic acids is 1. The Hall–Kier alpha value is -2.05. The van der Waals surface area contributed by atoms with Crippen molar-refractivity contribution in [3.05, 3.63) is 68.7 Å². The number of nitro groups is 1. The third-order valence-corrected chi connectivity index (χ3v) is 4.14. The van der Waals surface area contributed by atoms with Gasteiger partial charge in [0.25, 0.3) is 11.6 Å². The van der Waals surface area contributed by atoms with E-state index in [-0.39, 0.29) is 17.8 Å². The molecular weight excluding hydrogens is 324 g/mol. The van der Waals surface area contributed by atoms with Crippen molar-refractivity contribution in [3.8, 4) is 0 Å². The Morgan fingerprint density at radius 3 is 2.68 bits per heavy atom. The highest BCUT2D eigenvalue weighted by Gasteiger charge is 2.20. The normalized spacial score (nSPS) is 10.3. The number of benzene rings is 2. The topological polar surface area (TPSA) is 72.2 Å². The smallest absolute Gasteiger partial charge is 0.282 e. The maximum atomic E-state index is 12.3. The van der Waals surface area contributed by atoms with Crippen molar-refractivity contribution in [2.75, 3.05) is 6.26 Å². The summed E-state index contributed by atoms with van der Waals surface area (Å²) < 4.78 is 0. The zero-order chi connectivity index (χ0) is 16.1. The van der Waals surface area contributed by atoms with Gasteiger partial charge in [-0.15, -0.1) is 11.8 Å². The summed E-state index contributed by atoms with van der Waals surface area (Å²) in [4.78, 5) is 23.5. The standard InChI is InChI=1S/C15H13ClN2O3S/c1-22-11-6-7-14(18(20)21)12(8-11)15(19)17-9-10-4-2-3-5-13(10)16/h2-8H,9H2,1H3,(H,17,19). The third kappa shape index (κ3) is 3.78. The van der Waals surface area contributed by atoms with Crippen LogP contribution in [0, 0.1) is 10.1 Å². The van der Waals surface area contributed by atoms with Gasteiger partial charge in [0.15, 0.2) is 0 Å². The van der Waals surface area contributed by atoms with E-state index in [2.05, 4.69) is 5.32 Å². The monoisotopic (exact) mass is 336 g/mol. The molecule has 1 amide bonds. The van der Waals surface area contributed by atoms with E-state index in [1.807, 2.05) is 12.3 Å². The van der Waals surface area contributed by atoms with Crippen LogP contribution in [0.25, 0.3) is 0 Å². The summed E-state index contributed by atoms with van der Waals surface area (Å²) in [6.45, 7) is 0.207. The van der Waals surface area contributed by atoms with Crippen LogP contribution in [-0.4, -0.2) is 17.1 Å². The minimum Gasteiger partial charge on any atom is -0.348 e. The lowest BCUT2D eigenvalue weighted by molar-refractivity contribution is -0.385. The van der Waals surface area contributed by atoms with Crippen molar-refractivity contribution in [3.63, 3.8) is 0 Å². The molecule has 2 rings (SSSR count). The molecule has 0 fully saturated rings. The Kier molecular flexibility index (Phi) is 5.41. The largest absolute Gasteiger partial charge is 0.348 e. The van der Waals surface area contributed by atoms with Crippen molar-refractivity contribution in [1.82, 2.24) is 5.32 Å². The lowest BCUT2D eigenvalue weighted by Gasteiger charge is -2.08. The molecule has 0 saturated carbocycles. The molecule has 0 aliphatic rings. The molecule has 0 aliphatic carbocycles. The van der Waals surface area contributed by atoms with Crippen LogP contribution < -0.4 is 5.32 Å². The molecule has 0 unspecified atom stereocenters. The van der Waals surface area contributed by atoms with Crippen LogP contribution in [0.5, 0.6) is 0 Å². The number of hydrogen-bond donors (Lipinski definition) is 1. The SMILES string of the molecule is CSc1ccc([N+](=O)[O-])c(C(=O)NCc2ccccc2Cl)c1. The quantitative estimate of drug-likeness (QED) is 0.510. The number of nitrogens with zero attached hydrogens (tertiary/aromatic N) is 1. The van der Waals surface area contributed by atoms with Gasteiger partial charge in [0.1, 0.15) is 5.56 Å². The molecule has 0 aromatic heterocycles. The van der Waals surface area contributed by atoms with Crippen LogP contribution in [0.1, 0.15) is 15.9 Å². The second-order valence-corrected chi connectivity index (χ2v) is 5.70. The van der Waals surface area contributed by atoms with Crippen molar-refractivity contribution >= 4 is 35.0 Å². The average molecular weight is 337 g/mol. The molecule has 2 aromatic carbocycles. The highest BCUT2D eigenvalue weighted by atomic mass is 35.5. The predicted molar refractivity (Wildman–Crippen MR) is 87.5 cm³/mol. The van der Waals surface area contributed by atoms with Crippen molar-refractivity contribution in [2.24, 2.45) is 0 Å². The molecule has 0 radical (unpaired) electrons. The third-order valence-electron chi connectivity index (χ3n) is 3.04. The molecule has 0 bridgehead atoms. The summed E-state index contributed by atoms with van der Waals surface area (Å²) in [6.07, 6.45) is 1.84. The Morgan fingerprint density at radius 2 is 2.05 bits per heavy atom. The van der Waals surface area contributed by atoms with Gasteiger partial charge >= 0.3 is 0 Å². The summed E-state index contributed by atoms with van der Waals surface area (Å²) in [6, 6.07) is 11.6. The van der Waals surface area contributed by atoms with E-state index < -0.39 is 10.8 Å². The maximum absolute atomic E-state index is 12.3. The van der Waals surface area contributed by atoms with Crippen LogP contribution in [0.2, 0.25) is 5.02 Å². The highest BCUT2D eigenvalue weighted by molar-refractivity contribution is 7.98. The molecule has 1 N–H and O–H groups in total. The molecule has 0 saturated heterocycles. The molecule has 22 heavy (non-hydrogen) atoms. The summed E-state index contributed by atoms with van der Waals surface area (Å²) in [5.41, 5.74) is 0.583. The molecule has 0 spiro atoms. The number of halogens is 1. The first-order chi connectivity index (χ1) is 10.5. The zero-order valence-electron chi connectivity index (χ0n) is 11.7. The molecule has 7 heteroatoms. The van der Waals surface area contributed by atoms with Gasteiger partial charge in [-0.1, -0.05) is 29.8 Å². The van der Waals surface area contributed by atoms with E-state index in [9.17, 15) is 14.9 Å². The minimum atomic E-state index is -0.561. The van der Waals surface area contributed by atoms with Gasteiger partial charge in [-0.2, -0.15) is 0 Å². The number of nitro benzene ring substituents is 1. The Bertz CT molecular complexity index is 722. The highest BCUT2D eigenvalue weighted by Crippen LogP contribution is 2.25. The molecule has 2 aromatic rings. The fraction of sp³-hybridized carbons (Fsp3) is 0.133. The molecule has 0 atom stereocenters. The fourth-order valence-corrected chi connectivity index (χ4v) is 2.54. The van der Waals surface area contributed by atoms with Gasteiger partial charge in [-0.05, 0) is 30.0 Å². The van der Waals surface area contributed by atoms with E-state index in [0.29, 0.717) is 5.02 Å². The zero-order valence-corrected chi connectivity index (χ0v) is 13.3. The summed E-state index contributed by atoms with van der Waals surface area (Å²) in [5, 5.41) is 14.3. The minimum absolute atomic E-state index is 0.0453. The number of amides is 1. The second-order valence-electron chi connectivity index (χ2n) is 4.41. The lowest BCUT2D eigenvalue weighted by Crippen LogP contribution is -2.24. The molecule has 0 heterocycles. The molecule has 5 nitrogen and oxygen atoms in total. The van der Waals surface area contributed by atoms with Crippen molar-refractivity contribution in [1.29, 1.82) is 0 Å². The van der Waals surface area contributed by atoms with Gasteiger partial charge in [0.05, 0.1) is 4.92 Å². The van der Waals surface area contributed by atoms with Crippen molar-refractivity contribution in [2.45, 2.75) is 11.4 Å². The first kappa shape index (κ1) is 16.3. The predicted octanol–water partition coefficient (Wildman–Crippen LogP) is 3.90. The van der Waals surface area contributed by atoms with Gasteiger partial charge in [-0.3, -0.25) is 14.9 Å². The summed E-state index contributed by atoms with van der Waals surface area (Å²) >= 11 is 7.43. The van der Waals surface area contributed by atoms with E-state index >= 15 is 0 Å². The lowest BCUT2D eigenvalue weighted by atomic mass is 10.1. The number of rotatable bonds is 5. The first-order valence-corrected chi connectivity index (χ1v) is 7.97. The van der Waals surface area contributed by atoms with Gasteiger partial charge in [0.2, 0.25) is 0 Å². The maximum Gasteiger partial charge on any atom is 0.282 e. The van der Waals surface area contributed by atoms with Crippen LogP contribution in [0.15, 0.2) is 47.4 Å². The number of nitrogens with one attached hydrogen (secondary N) is 1.